The monoisotopic (exact) mass is 361 g/mol. The predicted molar refractivity (Wildman–Crippen MR) is 101 cm³/mol. The number of halogens is 1. The highest BCUT2D eigenvalue weighted by Gasteiger charge is 2.44. The van der Waals surface area contributed by atoms with Crippen LogP contribution in [-0.2, 0) is 5.54 Å². The summed E-state index contributed by atoms with van der Waals surface area (Å²) in [6.07, 6.45) is 4.60. The summed E-state index contributed by atoms with van der Waals surface area (Å²) < 4.78 is 1.89. The van der Waals surface area contributed by atoms with Gasteiger partial charge in [0.15, 0.2) is 5.82 Å². The van der Waals surface area contributed by atoms with E-state index in [0.717, 1.165) is 53.9 Å². The van der Waals surface area contributed by atoms with Crippen LogP contribution in [0.25, 0.3) is 5.69 Å². The van der Waals surface area contributed by atoms with Crippen LogP contribution >= 0.6 is 11.6 Å². The van der Waals surface area contributed by atoms with E-state index in [1.165, 1.54) is 12.8 Å². The van der Waals surface area contributed by atoms with Crippen molar-refractivity contribution in [1.82, 2.24) is 25.1 Å². The van der Waals surface area contributed by atoms with Crippen LogP contribution in [0.2, 0.25) is 5.02 Å². The maximum absolute atomic E-state index is 6.35. The number of benzene rings is 1. The van der Waals surface area contributed by atoms with Gasteiger partial charge in [0.1, 0.15) is 0 Å². The minimum atomic E-state index is -0.100. The number of hydrogen-bond donors (Lipinski definition) is 0. The van der Waals surface area contributed by atoms with Crippen molar-refractivity contribution in [2.75, 3.05) is 13.1 Å². The zero-order valence-electron chi connectivity index (χ0n) is 15.7. The average molecular weight is 362 g/mol. The Morgan fingerprint density at radius 1 is 1.24 bits per heavy atom. The van der Waals surface area contributed by atoms with Crippen LogP contribution in [-0.4, -0.2) is 38.2 Å². The van der Waals surface area contributed by atoms with Gasteiger partial charge in [0.2, 0.25) is 0 Å². The van der Waals surface area contributed by atoms with E-state index in [2.05, 4.69) is 41.2 Å². The van der Waals surface area contributed by atoms with Crippen molar-refractivity contribution in [3.63, 3.8) is 0 Å². The van der Waals surface area contributed by atoms with Crippen molar-refractivity contribution in [1.29, 1.82) is 0 Å². The molecule has 0 N–H and O–H groups in total. The molecule has 3 rings (SSSR count). The highest BCUT2D eigenvalue weighted by atomic mass is 35.5. The van der Waals surface area contributed by atoms with Crippen LogP contribution in [0.3, 0.4) is 0 Å². The molecule has 1 aliphatic rings. The molecule has 0 aliphatic heterocycles. The Kier molecular flexibility index (Phi) is 5.44. The van der Waals surface area contributed by atoms with Gasteiger partial charge in [-0.15, -0.1) is 5.10 Å². The first kappa shape index (κ1) is 18.3. The Morgan fingerprint density at radius 3 is 2.52 bits per heavy atom. The zero-order valence-corrected chi connectivity index (χ0v) is 16.4. The van der Waals surface area contributed by atoms with E-state index in [-0.39, 0.29) is 5.54 Å². The van der Waals surface area contributed by atoms with Crippen LogP contribution in [0.15, 0.2) is 18.2 Å². The first-order chi connectivity index (χ1) is 12.0. The van der Waals surface area contributed by atoms with Gasteiger partial charge in [0, 0.05) is 5.02 Å². The van der Waals surface area contributed by atoms with Crippen molar-refractivity contribution < 1.29 is 0 Å². The number of hydrogen-bond acceptors (Lipinski definition) is 4. The molecule has 1 aromatic carbocycles. The Bertz CT molecular complexity index is 714. The van der Waals surface area contributed by atoms with Crippen molar-refractivity contribution in [3.05, 3.63) is 34.6 Å². The molecule has 0 radical (unpaired) electrons. The molecule has 1 fully saturated rings. The Balaban J connectivity index is 2.09. The third-order valence-electron chi connectivity index (χ3n) is 5.76. The Labute approximate surface area is 155 Å². The summed E-state index contributed by atoms with van der Waals surface area (Å²) in [4.78, 5) is 2.52. The molecule has 5 nitrogen and oxygen atoms in total. The highest BCUT2D eigenvalue weighted by molar-refractivity contribution is 6.31. The molecule has 6 heteroatoms. The lowest BCUT2D eigenvalue weighted by molar-refractivity contribution is 0.0336. The van der Waals surface area contributed by atoms with E-state index in [0.29, 0.717) is 0 Å². The van der Waals surface area contributed by atoms with Crippen molar-refractivity contribution in [2.24, 2.45) is 5.92 Å². The zero-order chi connectivity index (χ0) is 18.0. The second-order valence-corrected chi connectivity index (χ2v) is 7.64. The summed E-state index contributed by atoms with van der Waals surface area (Å²) in [5.74, 6) is 1.71. The molecule has 1 aromatic heterocycles. The molecular weight excluding hydrogens is 334 g/mol. The first-order valence-electron chi connectivity index (χ1n) is 9.32. The topological polar surface area (TPSA) is 46.8 Å². The summed E-state index contributed by atoms with van der Waals surface area (Å²) in [7, 11) is 0. The summed E-state index contributed by atoms with van der Waals surface area (Å²) in [5, 5.41) is 13.6. The summed E-state index contributed by atoms with van der Waals surface area (Å²) >= 11 is 6.35. The molecule has 0 spiro atoms. The second kappa shape index (κ2) is 7.42. The maximum atomic E-state index is 6.35. The predicted octanol–water partition coefficient (Wildman–Crippen LogP) is 4.37. The Hall–Kier alpha value is -1.46. The van der Waals surface area contributed by atoms with Crippen molar-refractivity contribution >= 4 is 11.6 Å². The lowest BCUT2D eigenvalue weighted by Gasteiger charge is -2.46. The van der Waals surface area contributed by atoms with Crippen molar-refractivity contribution in [3.8, 4) is 5.69 Å². The molecule has 0 unspecified atom stereocenters. The second-order valence-electron chi connectivity index (χ2n) is 7.23. The number of aromatic nitrogens is 4. The normalized spacial score (nSPS) is 24.0. The molecule has 25 heavy (non-hydrogen) atoms. The third kappa shape index (κ3) is 3.32. The molecule has 1 heterocycles. The fourth-order valence-corrected chi connectivity index (χ4v) is 4.29. The molecule has 1 aliphatic carbocycles. The number of rotatable bonds is 5. The van der Waals surface area contributed by atoms with Crippen molar-refractivity contribution in [2.45, 2.75) is 58.9 Å². The summed E-state index contributed by atoms with van der Waals surface area (Å²) in [6.45, 7) is 10.8. The molecule has 0 atom stereocenters. The Morgan fingerprint density at radius 2 is 1.92 bits per heavy atom. The first-order valence-corrected chi connectivity index (χ1v) is 9.70. The lowest BCUT2D eigenvalue weighted by Crippen LogP contribution is -2.50. The molecule has 0 saturated heterocycles. The van der Waals surface area contributed by atoms with E-state index in [4.69, 9.17) is 11.6 Å². The third-order valence-corrected chi connectivity index (χ3v) is 6.16. The average Bonchev–Trinajstić information content (AvgIpc) is 3.10. The molecular formula is C19H28ClN5. The standard InChI is InChI=1S/C19H28ClN5/c1-5-24(6-2)19(11-9-14(3)10-12-19)18-21-22-23-25(18)16-8-7-15(4)17(20)13-16/h7-8,13-14H,5-6,9-12H2,1-4H3. The fraction of sp³-hybridized carbons (Fsp3) is 0.632. The van der Waals surface area contributed by atoms with Gasteiger partial charge in [-0.1, -0.05) is 38.4 Å². The molecule has 0 amide bonds. The number of nitrogens with zero attached hydrogens (tertiary/aromatic N) is 5. The SMILES string of the molecule is CCN(CC)C1(c2nnnn2-c2ccc(C)c(Cl)c2)CCC(C)CC1. The van der Waals surface area contributed by atoms with E-state index in [1.807, 2.05) is 29.8 Å². The van der Waals surface area contributed by atoms with Crippen LogP contribution in [0.1, 0.15) is 57.8 Å². The van der Waals surface area contributed by atoms with E-state index in [1.54, 1.807) is 0 Å². The van der Waals surface area contributed by atoms with Crippen LogP contribution in [0, 0.1) is 12.8 Å². The van der Waals surface area contributed by atoms with Crippen LogP contribution in [0.5, 0.6) is 0 Å². The number of aryl methyl sites for hydroxylation is 1. The van der Waals surface area contributed by atoms with Gasteiger partial charge in [-0.25, -0.2) is 0 Å². The molecule has 1 saturated carbocycles. The largest absolute Gasteiger partial charge is 0.291 e. The van der Waals surface area contributed by atoms with Gasteiger partial charge in [-0.2, -0.15) is 4.68 Å². The fourth-order valence-electron chi connectivity index (χ4n) is 4.11. The van der Waals surface area contributed by atoms with Gasteiger partial charge in [0.25, 0.3) is 0 Å². The minimum Gasteiger partial charge on any atom is -0.291 e. The van der Waals surface area contributed by atoms with Gasteiger partial charge >= 0.3 is 0 Å². The van der Waals surface area contributed by atoms with Gasteiger partial charge in [0.05, 0.1) is 11.2 Å². The summed E-state index contributed by atoms with van der Waals surface area (Å²) in [5.41, 5.74) is 1.89. The quantitative estimate of drug-likeness (QED) is 0.793. The smallest absolute Gasteiger partial charge is 0.176 e. The lowest BCUT2D eigenvalue weighted by atomic mass is 9.75. The van der Waals surface area contributed by atoms with Crippen LogP contribution in [0.4, 0.5) is 0 Å². The van der Waals surface area contributed by atoms with Gasteiger partial charge in [-0.3, -0.25) is 4.90 Å². The minimum absolute atomic E-state index is 0.100. The van der Waals surface area contributed by atoms with Crippen LogP contribution < -0.4 is 0 Å². The van der Waals surface area contributed by atoms with Gasteiger partial charge < -0.3 is 0 Å². The molecule has 2 aromatic rings. The van der Waals surface area contributed by atoms with Gasteiger partial charge in [-0.05, 0) is 79.7 Å². The number of tetrazole rings is 1. The molecule has 136 valence electrons. The summed E-state index contributed by atoms with van der Waals surface area (Å²) in [6, 6.07) is 6.02. The highest BCUT2D eigenvalue weighted by Crippen LogP contribution is 2.43. The molecule has 0 bridgehead atoms. The van der Waals surface area contributed by atoms with E-state index < -0.39 is 0 Å². The maximum Gasteiger partial charge on any atom is 0.176 e. The van der Waals surface area contributed by atoms with E-state index in [9.17, 15) is 0 Å². The van der Waals surface area contributed by atoms with E-state index >= 15 is 0 Å².